The highest BCUT2D eigenvalue weighted by Gasteiger charge is 2.25. The Balaban J connectivity index is 2.95. The van der Waals surface area contributed by atoms with Gasteiger partial charge in [0.2, 0.25) is 0 Å². The summed E-state index contributed by atoms with van der Waals surface area (Å²) in [4.78, 5) is 3.91. The smallest absolute Gasteiger partial charge is 0.0444 e. The molecule has 0 aliphatic carbocycles. The van der Waals surface area contributed by atoms with Gasteiger partial charge in [-0.25, -0.2) is 4.99 Å². The molecular formula is C35H40N2. The highest BCUT2D eigenvalue weighted by Crippen LogP contribution is 2.39. The first-order valence-corrected chi connectivity index (χ1v) is 12.9. The number of allylic oxidation sites excluding steroid dienone is 6. The Hall–Kier alpha value is -3.85. The first-order chi connectivity index (χ1) is 17.8. The van der Waals surface area contributed by atoms with E-state index in [1.54, 1.807) is 6.21 Å². The van der Waals surface area contributed by atoms with Crippen LogP contribution in [0.3, 0.4) is 0 Å². The van der Waals surface area contributed by atoms with Gasteiger partial charge in [0, 0.05) is 24.7 Å². The van der Waals surface area contributed by atoms with Crippen molar-refractivity contribution in [2.24, 2.45) is 16.6 Å². The second-order valence-corrected chi connectivity index (χ2v) is 9.42. The zero-order valence-corrected chi connectivity index (χ0v) is 23.0. The Morgan fingerprint density at radius 1 is 1.11 bits per heavy atom. The first kappa shape index (κ1) is 29.4. The number of nitrogens with two attached hydrogens (primary N) is 1. The fourth-order valence-electron chi connectivity index (χ4n) is 4.43. The fraction of sp³-hybridized carbons (Fsp3) is 0.286. The van der Waals surface area contributed by atoms with Gasteiger partial charge in [-0.1, -0.05) is 106 Å². The van der Waals surface area contributed by atoms with E-state index in [2.05, 4.69) is 86.8 Å². The third kappa shape index (κ3) is 7.10. The summed E-state index contributed by atoms with van der Waals surface area (Å²) in [5.41, 5.74) is 14.7. The minimum atomic E-state index is -0.182. The van der Waals surface area contributed by atoms with E-state index in [1.165, 1.54) is 5.56 Å². The average molecular weight is 489 g/mol. The lowest BCUT2D eigenvalue weighted by atomic mass is 9.75. The number of benzene rings is 2. The molecule has 1 atom stereocenters. The highest BCUT2D eigenvalue weighted by atomic mass is 14.6. The van der Waals surface area contributed by atoms with Crippen LogP contribution in [0.1, 0.15) is 69.7 Å². The molecule has 2 heteroatoms. The van der Waals surface area contributed by atoms with Gasteiger partial charge in [-0.3, -0.25) is 0 Å². The van der Waals surface area contributed by atoms with Crippen molar-refractivity contribution < 1.29 is 0 Å². The molecule has 2 rings (SSSR count). The van der Waals surface area contributed by atoms with Crippen LogP contribution in [0.15, 0.2) is 95.0 Å². The summed E-state index contributed by atoms with van der Waals surface area (Å²) in [7, 11) is 0. The molecular weight excluding hydrogens is 448 g/mol. The maximum Gasteiger partial charge on any atom is 0.0444 e. The second-order valence-electron chi connectivity index (χ2n) is 9.42. The van der Waals surface area contributed by atoms with Crippen LogP contribution in [0.5, 0.6) is 0 Å². The molecule has 0 amide bonds. The molecule has 0 saturated carbocycles. The van der Waals surface area contributed by atoms with Crippen molar-refractivity contribution in [1.82, 2.24) is 0 Å². The van der Waals surface area contributed by atoms with Gasteiger partial charge in [0.05, 0.1) is 0 Å². The number of hydrogen-bond acceptors (Lipinski definition) is 2. The standard InChI is InChI=1S/C35H40N2/c1-9-26(6)33(27(7)19-20-28(10-2)25-37-13-5)34(29-17-15-14-16-18-29)32-23-31(22-21-30(32)24-36)35(8,11-3)12-4/h1,5,10,14-23,25-26H,7,11-12,24,36H2,2-4,6,8H3/b20-19+,28-10-,34-33+,37-25?. The lowest BCUT2D eigenvalue weighted by molar-refractivity contribution is 0.438. The van der Waals surface area contributed by atoms with Crippen molar-refractivity contribution in [2.75, 3.05) is 0 Å². The Labute approximate surface area is 224 Å². The summed E-state index contributed by atoms with van der Waals surface area (Å²) in [6.07, 6.45) is 21.0. The Morgan fingerprint density at radius 3 is 2.32 bits per heavy atom. The normalized spacial score (nSPS) is 13.8. The third-order valence-electron chi connectivity index (χ3n) is 7.32. The van der Waals surface area contributed by atoms with Gasteiger partial charge in [-0.05, 0) is 76.7 Å². The molecule has 0 saturated heterocycles. The molecule has 0 aromatic heterocycles. The monoisotopic (exact) mass is 488 g/mol. The van der Waals surface area contributed by atoms with Gasteiger partial charge in [0.1, 0.15) is 0 Å². The molecule has 1 unspecified atom stereocenters. The Morgan fingerprint density at radius 2 is 1.78 bits per heavy atom. The van der Waals surface area contributed by atoms with Gasteiger partial charge >= 0.3 is 0 Å². The van der Waals surface area contributed by atoms with Crippen LogP contribution in [0.25, 0.3) is 5.57 Å². The van der Waals surface area contributed by atoms with Gasteiger partial charge in [-0.2, -0.15) is 0 Å². The van der Waals surface area contributed by atoms with E-state index >= 15 is 0 Å². The molecule has 0 heterocycles. The lowest BCUT2D eigenvalue weighted by Crippen LogP contribution is -2.20. The summed E-state index contributed by atoms with van der Waals surface area (Å²) in [5, 5.41) is 0. The molecule has 2 N–H and O–H groups in total. The molecule has 0 radical (unpaired) electrons. The number of rotatable bonds is 11. The van der Waals surface area contributed by atoms with Crippen molar-refractivity contribution in [3.63, 3.8) is 0 Å². The molecule has 2 aromatic rings. The van der Waals surface area contributed by atoms with Gasteiger partial charge < -0.3 is 5.73 Å². The number of hydrogen-bond donors (Lipinski definition) is 1. The SMILES string of the molecule is C#CN=CC(=C\C)/C=C/C(=C)/C(=C(\c1ccccc1)c1cc(C(C)(CC)CC)ccc1CN)C(C)C#C. The molecule has 2 nitrogen and oxygen atoms in total. The molecule has 0 fully saturated rings. The Kier molecular flexibility index (Phi) is 11.1. The summed E-state index contributed by atoms with van der Waals surface area (Å²) in [6.45, 7) is 15.7. The van der Waals surface area contributed by atoms with Crippen LogP contribution in [-0.2, 0) is 12.0 Å². The van der Waals surface area contributed by atoms with Crippen molar-refractivity contribution >= 4 is 11.8 Å². The van der Waals surface area contributed by atoms with Crippen molar-refractivity contribution in [2.45, 2.75) is 59.4 Å². The van der Waals surface area contributed by atoms with E-state index in [9.17, 15) is 0 Å². The van der Waals surface area contributed by atoms with Crippen LogP contribution < -0.4 is 5.73 Å². The number of nitrogens with zero attached hydrogens (tertiary/aromatic N) is 1. The predicted molar refractivity (Wildman–Crippen MR) is 162 cm³/mol. The van der Waals surface area contributed by atoms with E-state index in [0.29, 0.717) is 6.54 Å². The summed E-state index contributed by atoms with van der Waals surface area (Å²) in [5.74, 6) is 2.77. The molecule has 190 valence electrons. The van der Waals surface area contributed by atoms with E-state index in [4.69, 9.17) is 18.6 Å². The van der Waals surface area contributed by atoms with Crippen molar-refractivity contribution in [1.29, 1.82) is 0 Å². The maximum atomic E-state index is 6.30. The number of terminal acetylenes is 2. The Bertz CT molecular complexity index is 1280. The minimum Gasteiger partial charge on any atom is -0.326 e. The van der Waals surface area contributed by atoms with E-state index < -0.39 is 0 Å². The molecule has 37 heavy (non-hydrogen) atoms. The van der Waals surface area contributed by atoms with Crippen molar-refractivity contribution in [3.8, 4) is 24.8 Å². The van der Waals surface area contributed by atoms with E-state index in [1.807, 2.05) is 38.1 Å². The van der Waals surface area contributed by atoms with Gasteiger partial charge in [0.25, 0.3) is 0 Å². The quantitative estimate of drug-likeness (QED) is 0.194. The second kappa shape index (κ2) is 14.0. The molecule has 0 aliphatic heterocycles. The molecule has 2 aromatic carbocycles. The minimum absolute atomic E-state index is 0.0651. The average Bonchev–Trinajstić information content (AvgIpc) is 2.95. The third-order valence-corrected chi connectivity index (χ3v) is 7.32. The summed E-state index contributed by atoms with van der Waals surface area (Å²) < 4.78 is 0. The summed E-state index contributed by atoms with van der Waals surface area (Å²) >= 11 is 0. The fourth-order valence-corrected chi connectivity index (χ4v) is 4.43. The summed E-state index contributed by atoms with van der Waals surface area (Å²) in [6, 6.07) is 19.4. The molecule has 0 bridgehead atoms. The largest absolute Gasteiger partial charge is 0.326 e. The van der Waals surface area contributed by atoms with Crippen LogP contribution in [-0.4, -0.2) is 6.21 Å². The highest BCUT2D eigenvalue weighted by molar-refractivity contribution is 5.88. The van der Waals surface area contributed by atoms with Crippen LogP contribution in [0.4, 0.5) is 0 Å². The first-order valence-electron chi connectivity index (χ1n) is 12.9. The van der Waals surface area contributed by atoms with Gasteiger partial charge in [0.15, 0.2) is 0 Å². The topological polar surface area (TPSA) is 38.4 Å². The van der Waals surface area contributed by atoms with Gasteiger partial charge in [-0.15, -0.1) is 6.42 Å². The number of aliphatic imine (C=N–C) groups is 1. The zero-order chi connectivity index (χ0) is 27.4. The maximum absolute atomic E-state index is 6.30. The van der Waals surface area contributed by atoms with Crippen molar-refractivity contribution in [3.05, 3.63) is 112 Å². The van der Waals surface area contributed by atoms with E-state index in [-0.39, 0.29) is 11.3 Å². The van der Waals surface area contributed by atoms with Crippen LogP contribution in [0, 0.1) is 30.7 Å². The zero-order valence-electron chi connectivity index (χ0n) is 23.0. The van der Waals surface area contributed by atoms with E-state index in [0.717, 1.165) is 51.8 Å². The molecule has 0 spiro atoms. The van der Waals surface area contributed by atoms with Crippen LogP contribution in [0.2, 0.25) is 0 Å². The molecule has 0 aliphatic rings. The van der Waals surface area contributed by atoms with Crippen LogP contribution >= 0.6 is 0 Å². The lowest BCUT2D eigenvalue weighted by Gasteiger charge is -2.29. The predicted octanol–water partition coefficient (Wildman–Crippen LogP) is 8.01.